The van der Waals surface area contributed by atoms with Gasteiger partial charge in [-0.25, -0.2) is 4.79 Å². The van der Waals surface area contributed by atoms with Gasteiger partial charge in [0.25, 0.3) is 0 Å². The van der Waals surface area contributed by atoms with Gasteiger partial charge < -0.3 is 9.47 Å². The second-order valence-electron chi connectivity index (χ2n) is 7.15. The Hall–Kier alpha value is -2.62. The Morgan fingerprint density at radius 2 is 1.44 bits per heavy atom. The molecule has 2 aromatic carbocycles. The first-order chi connectivity index (χ1) is 13.2. The van der Waals surface area contributed by atoms with Crippen LogP contribution in [0.25, 0.3) is 0 Å². The van der Waals surface area contributed by atoms with Crippen LogP contribution in [0.15, 0.2) is 54.6 Å². The number of esters is 2. The van der Waals surface area contributed by atoms with Crippen molar-refractivity contribution in [2.24, 2.45) is 11.8 Å². The molecule has 0 bridgehead atoms. The third-order valence-corrected chi connectivity index (χ3v) is 5.14. The Morgan fingerprint density at radius 1 is 0.852 bits per heavy atom. The van der Waals surface area contributed by atoms with Crippen molar-refractivity contribution in [3.8, 4) is 11.5 Å². The zero-order chi connectivity index (χ0) is 19.1. The Labute approximate surface area is 160 Å². The second kappa shape index (κ2) is 9.36. The molecule has 0 unspecified atom stereocenters. The smallest absolute Gasteiger partial charge is 0.343 e. The molecule has 1 fully saturated rings. The van der Waals surface area contributed by atoms with Crippen LogP contribution in [0.4, 0.5) is 0 Å². The first kappa shape index (κ1) is 19.2. The molecule has 0 aliphatic heterocycles. The molecule has 0 atom stereocenters. The van der Waals surface area contributed by atoms with E-state index in [9.17, 15) is 9.59 Å². The average molecular weight is 366 g/mol. The maximum Gasteiger partial charge on any atom is 0.343 e. The van der Waals surface area contributed by atoms with E-state index in [1.807, 2.05) is 6.07 Å². The highest BCUT2D eigenvalue weighted by Gasteiger charge is 2.27. The molecule has 0 saturated heterocycles. The largest absolute Gasteiger partial charge is 0.426 e. The molecular weight excluding hydrogens is 340 g/mol. The first-order valence-corrected chi connectivity index (χ1v) is 9.74. The van der Waals surface area contributed by atoms with Gasteiger partial charge in [-0.2, -0.15) is 0 Å². The van der Waals surface area contributed by atoms with E-state index >= 15 is 0 Å². The van der Waals surface area contributed by atoms with Crippen LogP contribution in [0.2, 0.25) is 0 Å². The fourth-order valence-electron chi connectivity index (χ4n) is 3.61. The molecule has 2 aromatic rings. The Morgan fingerprint density at radius 3 is 2.04 bits per heavy atom. The summed E-state index contributed by atoms with van der Waals surface area (Å²) < 4.78 is 10.8. The molecule has 1 saturated carbocycles. The quantitative estimate of drug-likeness (QED) is 0.506. The number of carbonyl (C=O) groups excluding carboxylic acids is 2. The first-order valence-electron chi connectivity index (χ1n) is 9.74. The topological polar surface area (TPSA) is 52.6 Å². The van der Waals surface area contributed by atoms with E-state index < -0.39 is 5.97 Å². The lowest BCUT2D eigenvalue weighted by atomic mass is 9.80. The molecule has 0 spiro atoms. The van der Waals surface area contributed by atoms with Crippen molar-refractivity contribution >= 4 is 11.9 Å². The van der Waals surface area contributed by atoms with E-state index in [0.717, 1.165) is 31.6 Å². The van der Waals surface area contributed by atoms with Crippen molar-refractivity contribution in [2.45, 2.75) is 45.4 Å². The highest BCUT2D eigenvalue weighted by atomic mass is 16.5. The monoisotopic (exact) mass is 366 g/mol. The zero-order valence-corrected chi connectivity index (χ0v) is 15.7. The summed E-state index contributed by atoms with van der Waals surface area (Å²) in [4.78, 5) is 24.4. The van der Waals surface area contributed by atoms with Crippen LogP contribution in [0.1, 0.15) is 55.8 Å². The molecule has 4 nitrogen and oxygen atoms in total. The molecule has 3 rings (SSSR count). The molecular formula is C23H26O4. The van der Waals surface area contributed by atoms with Crippen molar-refractivity contribution < 1.29 is 19.1 Å². The number of benzene rings is 2. The minimum absolute atomic E-state index is 0.00584. The summed E-state index contributed by atoms with van der Waals surface area (Å²) in [5.41, 5.74) is 0.492. The molecule has 142 valence electrons. The number of rotatable bonds is 6. The summed E-state index contributed by atoms with van der Waals surface area (Å²) in [6.07, 6.45) is 6.52. The fraction of sp³-hybridized carbons (Fsp3) is 0.391. The minimum Gasteiger partial charge on any atom is -0.426 e. The van der Waals surface area contributed by atoms with Gasteiger partial charge in [-0.3, -0.25) is 4.79 Å². The van der Waals surface area contributed by atoms with Crippen LogP contribution < -0.4 is 9.47 Å². The summed E-state index contributed by atoms with van der Waals surface area (Å²) in [6, 6.07) is 15.4. The van der Waals surface area contributed by atoms with E-state index in [-0.39, 0.29) is 11.9 Å². The number of hydrogen-bond acceptors (Lipinski definition) is 4. The SMILES string of the molecule is CCC[C@H]1CC[C@H](C(=O)Oc2ccc(OC(=O)c3ccccc3)cc2)CC1. The van der Waals surface area contributed by atoms with Crippen LogP contribution in [0, 0.1) is 11.8 Å². The molecule has 4 heteroatoms. The maximum atomic E-state index is 12.4. The van der Waals surface area contributed by atoms with Gasteiger partial charge in [-0.1, -0.05) is 38.0 Å². The second-order valence-corrected chi connectivity index (χ2v) is 7.15. The van der Waals surface area contributed by atoms with Gasteiger partial charge in [0.1, 0.15) is 11.5 Å². The van der Waals surface area contributed by atoms with Gasteiger partial charge in [0.05, 0.1) is 11.5 Å². The predicted octanol–water partition coefficient (Wildman–Crippen LogP) is 5.42. The van der Waals surface area contributed by atoms with Crippen LogP contribution in [0.3, 0.4) is 0 Å². The van der Waals surface area contributed by atoms with Gasteiger partial charge in [0, 0.05) is 0 Å². The Balaban J connectivity index is 1.50. The zero-order valence-electron chi connectivity index (χ0n) is 15.7. The highest BCUT2D eigenvalue weighted by Crippen LogP contribution is 2.32. The van der Waals surface area contributed by atoms with Crippen LogP contribution in [-0.4, -0.2) is 11.9 Å². The van der Waals surface area contributed by atoms with Gasteiger partial charge in [-0.05, 0) is 68.0 Å². The van der Waals surface area contributed by atoms with E-state index in [2.05, 4.69) is 6.92 Å². The van der Waals surface area contributed by atoms with Gasteiger partial charge >= 0.3 is 11.9 Å². The van der Waals surface area contributed by atoms with E-state index in [1.54, 1.807) is 48.5 Å². The van der Waals surface area contributed by atoms with E-state index in [4.69, 9.17) is 9.47 Å². The molecule has 0 aromatic heterocycles. The molecule has 0 N–H and O–H groups in total. The molecule has 0 radical (unpaired) electrons. The van der Waals surface area contributed by atoms with Crippen molar-refractivity contribution in [1.82, 2.24) is 0 Å². The van der Waals surface area contributed by atoms with Crippen LogP contribution >= 0.6 is 0 Å². The predicted molar refractivity (Wildman–Crippen MR) is 104 cm³/mol. The summed E-state index contributed by atoms with van der Waals surface area (Å²) in [6.45, 7) is 2.21. The van der Waals surface area contributed by atoms with Gasteiger partial charge in [0.15, 0.2) is 0 Å². The lowest BCUT2D eigenvalue weighted by Crippen LogP contribution is -2.25. The van der Waals surface area contributed by atoms with Gasteiger partial charge in [0.2, 0.25) is 0 Å². The number of ether oxygens (including phenoxy) is 2. The third-order valence-electron chi connectivity index (χ3n) is 5.14. The highest BCUT2D eigenvalue weighted by molar-refractivity contribution is 5.91. The van der Waals surface area contributed by atoms with Crippen LogP contribution in [0.5, 0.6) is 11.5 Å². The molecule has 1 aliphatic rings. The maximum absolute atomic E-state index is 12.4. The lowest BCUT2D eigenvalue weighted by Gasteiger charge is -2.26. The average Bonchev–Trinajstić information content (AvgIpc) is 2.71. The number of hydrogen-bond donors (Lipinski definition) is 0. The summed E-state index contributed by atoms with van der Waals surface area (Å²) in [5.74, 6) is 1.09. The molecule has 27 heavy (non-hydrogen) atoms. The fourth-order valence-corrected chi connectivity index (χ4v) is 3.61. The standard InChI is InChI=1S/C23H26O4/c1-2-6-17-9-11-19(12-10-17)23(25)27-21-15-13-20(14-16-21)26-22(24)18-7-4-3-5-8-18/h3-5,7-8,13-17,19H,2,6,9-12H2,1H3/t17-,19-. The normalized spacial score (nSPS) is 19.3. The van der Waals surface area contributed by atoms with Gasteiger partial charge in [-0.15, -0.1) is 0 Å². The Kier molecular flexibility index (Phi) is 6.64. The lowest BCUT2D eigenvalue weighted by molar-refractivity contribution is -0.140. The van der Waals surface area contributed by atoms with Crippen LogP contribution in [-0.2, 0) is 4.79 Å². The van der Waals surface area contributed by atoms with Crippen molar-refractivity contribution in [1.29, 1.82) is 0 Å². The third kappa shape index (κ3) is 5.43. The van der Waals surface area contributed by atoms with Crippen molar-refractivity contribution in [2.75, 3.05) is 0 Å². The Bertz CT molecular complexity index is 744. The van der Waals surface area contributed by atoms with E-state index in [0.29, 0.717) is 17.1 Å². The molecule has 1 aliphatic carbocycles. The minimum atomic E-state index is -0.413. The van der Waals surface area contributed by atoms with Crippen molar-refractivity contribution in [3.05, 3.63) is 60.2 Å². The van der Waals surface area contributed by atoms with E-state index in [1.165, 1.54) is 12.8 Å². The summed E-state index contributed by atoms with van der Waals surface area (Å²) in [5, 5.41) is 0. The van der Waals surface area contributed by atoms with Crippen molar-refractivity contribution in [3.63, 3.8) is 0 Å². The molecule has 0 amide bonds. The summed E-state index contributed by atoms with van der Waals surface area (Å²) >= 11 is 0. The number of carbonyl (C=O) groups is 2. The summed E-state index contributed by atoms with van der Waals surface area (Å²) in [7, 11) is 0. The molecule has 0 heterocycles.